The third-order valence-electron chi connectivity index (χ3n) is 3.40. The molecule has 0 amide bonds. The highest BCUT2D eigenvalue weighted by atomic mass is 15.1. The van der Waals surface area contributed by atoms with Gasteiger partial charge in [-0.3, -0.25) is 0 Å². The predicted molar refractivity (Wildman–Crippen MR) is 72.4 cm³/mol. The lowest BCUT2D eigenvalue weighted by atomic mass is 10.2. The summed E-state index contributed by atoms with van der Waals surface area (Å²) in [7, 11) is 0. The van der Waals surface area contributed by atoms with E-state index in [2.05, 4.69) is 45.3 Å². The van der Waals surface area contributed by atoms with Crippen LogP contribution >= 0.6 is 0 Å². The Labute approximate surface area is 109 Å². The van der Waals surface area contributed by atoms with Crippen molar-refractivity contribution >= 4 is 0 Å². The summed E-state index contributed by atoms with van der Waals surface area (Å²) in [6, 6.07) is 0. The predicted octanol–water partition coefficient (Wildman–Crippen LogP) is 2.96. The van der Waals surface area contributed by atoms with Gasteiger partial charge in [-0.05, 0) is 26.7 Å². The molecule has 0 aliphatic carbocycles. The van der Waals surface area contributed by atoms with E-state index in [0.717, 1.165) is 24.7 Å². The molecule has 0 spiro atoms. The van der Waals surface area contributed by atoms with Gasteiger partial charge in [-0.1, -0.05) is 12.8 Å². The molecule has 2 aromatic rings. The van der Waals surface area contributed by atoms with Crippen molar-refractivity contribution in [3.8, 4) is 0 Å². The normalized spacial score (nSPS) is 11.0. The van der Waals surface area contributed by atoms with Gasteiger partial charge in [0.05, 0.1) is 0 Å². The summed E-state index contributed by atoms with van der Waals surface area (Å²) in [5.41, 5.74) is 0. The summed E-state index contributed by atoms with van der Waals surface area (Å²) in [6.45, 7) is 6.30. The number of aryl methyl sites for hydroxylation is 4. The van der Waals surface area contributed by atoms with Crippen molar-refractivity contribution in [1.82, 2.24) is 19.1 Å². The van der Waals surface area contributed by atoms with Crippen LogP contribution in [0.3, 0.4) is 0 Å². The molecule has 0 aromatic carbocycles. The van der Waals surface area contributed by atoms with E-state index in [1.807, 2.05) is 12.4 Å². The molecule has 0 radical (unpaired) electrons. The van der Waals surface area contributed by atoms with Gasteiger partial charge in [-0.25, -0.2) is 9.97 Å². The molecular weight excluding hydrogens is 224 g/mol. The number of rotatable bonds is 7. The van der Waals surface area contributed by atoms with E-state index < -0.39 is 0 Å². The Bertz CT molecular complexity index is 425. The van der Waals surface area contributed by atoms with Gasteiger partial charge >= 0.3 is 0 Å². The maximum atomic E-state index is 4.23. The minimum absolute atomic E-state index is 1.09. The zero-order chi connectivity index (χ0) is 12.8. The minimum Gasteiger partial charge on any atom is -0.335 e. The summed E-state index contributed by atoms with van der Waals surface area (Å²) in [6.07, 6.45) is 12.9. The van der Waals surface area contributed by atoms with Crippen LogP contribution in [-0.2, 0) is 13.1 Å². The molecule has 0 unspecified atom stereocenters. The topological polar surface area (TPSA) is 35.6 Å². The molecule has 4 heteroatoms. The first-order valence-electron chi connectivity index (χ1n) is 6.73. The van der Waals surface area contributed by atoms with E-state index in [-0.39, 0.29) is 0 Å². The van der Waals surface area contributed by atoms with E-state index >= 15 is 0 Å². The van der Waals surface area contributed by atoms with Crippen molar-refractivity contribution in [2.45, 2.75) is 52.6 Å². The zero-order valence-electron chi connectivity index (χ0n) is 11.3. The Hall–Kier alpha value is -1.58. The van der Waals surface area contributed by atoms with Crippen LogP contribution in [0.1, 0.15) is 37.3 Å². The number of nitrogens with zero attached hydrogens (tertiary/aromatic N) is 4. The van der Waals surface area contributed by atoms with Gasteiger partial charge in [0, 0.05) is 37.9 Å². The van der Waals surface area contributed by atoms with Gasteiger partial charge in [0.2, 0.25) is 0 Å². The van der Waals surface area contributed by atoms with Crippen molar-refractivity contribution in [2.75, 3.05) is 0 Å². The summed E-state index contributed by atoms with van der Waals surface area (Å²) in [5.74, 6) is 2.23. The summed E-state index contributed by atoms with van der Waals surface area (Å²) in [5, 5.41) is 0. The van der Waals surface area contributed by atoms with Crippen molar-refractivity contribution in [3.05, 3.63) is 36.4 Å². The monoisotopic (exact) mass is 246 g/mol. The Kier molecular flexibility index (Phi) is 4.56. The summed E-state index contributed by atoms with van der Waals surface area (Å²) in [4.78, 5) is 8.46. The van der Waals surface area contributed by atoms with Gasteiger partial charge < -0.3 is 9.13 Å². The lowest BCUT2D eigenvalue weighted by Crippen LogP contribution is -2.01. The average molecular weight is 246 g/mol. The lowest BCUT2D eigenvalue weighted by Gasteiger charge is -2.06. The Morgan fingerprint density at radius 2 is 1.22 bits per heavy atom. The number of aromatic nitrogens is 4. The fraction of sp³-hybridized carbons (Fsp3) is 0.571. The second kappa shape index (κ2) is 6.38. The third kappa shape index (κ3) is 3.45. The minimum atomic E-state index is 1.09. The van der Waals surface area contributed by atoms with Gasteiger partial charge in [0.1, 0.15) is 11.6 Å². The molecule has 18 heavy (non-hydrogen) atoms. The smallest absolute Gasteiger partial charge is 0.105 e. The number of unbranched alkanes of at least 4 members (excludes halogenated alkanes) is 3. The molecule has 0 aliphatic rings. The van der Waals surface area contributed by atoms with E-state index in [0.29, 0.717) is 0 Å². The van der Waals surface area contributed by atoms with Gasteiger partial charge in [0.15, 0.2) is 0 Å². The molecule has 0 fully saturated rings. The molecule has 0 saturated carbocycles. The molecular formula is C14H22N4. The fourth-order valence-corrected chi connectivity index (χ4v) is 2.20. The molecule has 98 valence electrons. The van der Waals surface area contributed by atoms with Crippen LogP contribution in [0.2, 0.25) is 0 Å². The highest BCUT2D eigenvalue weighted by molar-refractivity contribution is 4.88. The second-order valence-electron chi connectivity index (χ2n) is 4.75. The zero-order valence-corrected chi connectivity index (χ0v) is 11.3. The molecule has 2 rings (SSSR count). The van der Waals surface area contributed by atoms with Crippen molar-refractivity contribution in [2.24, 2.45) is 0 Å². The second-order valence-corrected chi connectivity index (χ2v) is 4.75. The van der Waals surface area contributed by atoms with Gasteiger partial charge in [-0.15, -0.1) is 0 Å². The van der Waals surface area contributed by atoms with Crippen molar-refractivity contribution in [1.29, 1.82) is 0 Å². The van der Waals surface area contributed by atoms with E-state index in [1.165, 1.54) is 25.7 Å². The first-order chi connectivity index (χ1) is 8.77. The van der Waals surface area contributed by atoms with Crippen LogP contribution in [-0.4, -0.2) is 19.1 Å². The van der Waals surface area contributed by atoms with Crippen LogP contribution in [0.25, 0.3) is 0 Å². The quantitative estimate of drug-likeness (QED) is 0.704. The lowest BCUT2D eigenvalue weighted by molar-refractivity contribution is 0.531. The Balaban J connectivity index is 1.57. The number of hydrogen-bond donors (Lipinski definition) is 0. The molecule has 0 saturated heterocycles. The molecule has 0 N–H and O–H groups in total. The highest BCUT2D eigenvalue weighted by Gasteiger charge is 1.98. The Morgan fingerprint density at radius 3 is 1.56 bits per heavy atom. The average Bonchev–Trinajstić information content (AvgIpc) is 2.94. The van der Waals surface area contributed by atoms with E-state index in [1.54, 1.807) is 0 Å². The van der Waals surface area contributed by atoms with Crippen LogP contribution in [0.4, 0.5) is 0 Å². The van der Waals surface area contributed by atoms with Crippen LogP contribution in [0.15, 0.2) is 24.8 Å². The van der Waals surface area contributed by atoms with Crippen LogP contribution < -0.4 is 0 Å². The van der Waals surface area contributed by atoms with Gasteiger partial charge in [-0.2, -0.15) is 0 Å². The maximum absolute atomic E-state index is 4.23. The largest absolute Gasteiger partial charge is 0.335 e. The van der Waals surface area contributed by atoms with E-state index in [4.69, 9.17) is 0 Å². The number of imidazole rings is 2. The standard InChI is InChI=1S/C14H22N4/c1-13-15-7-11-17(13)9-5-3-4-6-10-18-12-8-16-14(18)2/h7-8,11-12H,3-6,9-10H2,1-2H3. The third-order valence-corrected chi connectivity index (χ3v) is 3.40. The highest BCUT2D eigenvalue weighted by Crippen LogP contribution is 2.06. The molecule has 2 aromatic heterocycles. The number of hydrogen-bond acceptors (Lipinski definition) is 2. The molecule has 0 bridgehead atoms. The molecule has 0 atom stereocenters. The molecule has 4 nitrogen and oxygen atoms in total. The van der Waals surface area contributed by atoms with Crippen molar-refractivity contribution in [3.63, 3.8) is 0 Å². The maximum Gasteiger partial charge on any atom is 0.105 e. The summed E-state index contributed by atoms with van der Waals surface area (Å²) < 4.78 is 4.44. The Morgan fingerprint density at radius 1 is 0.778 bits per heavy atom. The van der Waals surface area contributed by atoms with Crippen LogP contribution in [0.5, 0.6) is 0 Å². The summed E-state index contributed by atoms with van der Waals surface area (Å²) >= 11 is 0. The van der Waals surface area contributed by atoms with E-state index in [9.17, 15) is 0 Å². The van der Waals surface area contributed by atoms with Crippen LogP contribution in [0, 0.1) is 13.8 Å². The first kappa shape index (κ1) is 12.9. The fourth-order valence-electron chi connectivity index (χ4n) is 2.20. The molecule has 2 heterocycles. The molecule has 0 aliphatic heterocycles. The van der Waals surface area contributed by atoms with Crippen molar-refractivity contribution < 1.29 is 0 Å². The first-order valence-corrected chi connectivity index (χ1v) is 6.73. The van der Waals surface area contributed by atoms with Gasteiger partial charge in [0.25, 0.3) is 0 Å². The SMILES string of the molecule is Cc1nccn1CCCCCCn1ccnc1C.